The zero-order valence-electron chi connectivity index (χ0n) is 11.7. The third kappa shape index (κ3) is 3.00. The molecule has 0 radical (unpaired) electrons. The van der Waals surface area contributed by atoms with E-state index in [4.69, 9.17) is 4.74 Å². The average Bonchev–Trinajstić information content (AvgIpc) is 2.88. The monoisotopic (exact) mass is 315 g/mol. The van der Waals surface area contributed by atoms with Gasteiger partial charge in [-0.2, -0.15) is 8.78 Å². The lowest BCUT2D eigenvalue weighted by Gasteiger charge is -2.23. The molecule has 21 heavy (non-hydrogen) atoms. The first kappa shape index (κ1) is 14.6. The van der Waals surface area contributed by atoms with Crippen molar-refractivity contribution in [2.45, 2.75) is 51.1 Å². The zero-order valence-corrected chi connectivity index (χ0v) is 12.5. The number of halogens is 3. The topological polar surface area (TPSA) is 22.1 Å². The van der Waals surface area contributed by atoms with Gasteiger partial charge in [0.15, 0.2) is 16.6 Å². The fourth-order valence-electron chi connectivity index (χ4n) is 2.58. The molecule has 1 aromatic carbocycles. The van der Waals surface area contributed by atoms with Gasteiger partial charge in [-0.05, 0) is 37.8 Å². The van der Waals surface area contributed by atoms with E-state index < -0.39 is 11.7 Å². The van der Waals surface area contributed by atoms with Crippen molar-refractivity contribution < 1.29 is 17.9 Å². The maximum atomic E-state index is 14.4. The van der Waals surface area contributed by atoms with Crippen LogP contribution < -0.4 is 4.74 Å². The van der Waals surface area contributed by atoms with Crippen LogP contribution in [0.4, 0.5) is 13.2 Å². The molecule has 114 valence electrons. The van der Waals surface area contributed by atoms with Gasteiger partial charge in [0.2, 0.25) is 0 Å². The number of fused-ring (bicyclic) bond motifs is 1. The SMILES string of the molecule is CC(F)(F)c1nc2ccc(OC3CCCCC3)c(F)c2s1. The van der Waals surface area contributed by atoms with Gasteiger partial charge in [-0.25, -0.2) is 9.37 Å². The summed E-state index contributed by atoms with van der Waals surface area (Å²) in [5.74, 6) is -3.49. The first-order valence-corrected chi connectivity index (χ1v) is 7.91. The molecular formula is C15H16F3NOS. The van der Waals surface area contributed by atoms with E-state index in [2.05, 4.69) is 4.98 Å². The molecule has 2 aromatic rings. The number of hydrogen-bond donors (Lipinski definition) is 0. The highest BCUT2D eigenvalue weighted by atomic mass is 32.1. The number of alkyl halides is 2. The molecule has 0 spiro atoms. The smallest absolute Gasteiger partial charge is 0.296 e. The van der Waals surface area contributed by atoms with E-state index in [1.807, 2.05) is 0 Å². The fraction of sp³-hybridized carbons (Fsp3) is 0.533. The molecule has 1 fully saturated rings. The van der Waals surface area contributed by atoms with Gasteiger partial charge in [-0.3, -0.25) is 0 Å². The summed E-state index contributed by atoms with van der Waals surface area (Å²) in [4.78, 5) is 3.81. The number of ether oxygens (including phenoxy) is 1. The van der Waals surface area contributed by atoms with Gasteiger partial charge < -0.3 is 4.74 Å². The largest absolute Gasteiger partial charge is 0.487 e. The minimum Gasteiger partial charge on any atom is -0.487 e. The van der Waals surface area contributed by atoms with Gasteiger partial charge in [-0.1, -0.05) is 6.42 Å². The van der Waals surface area contributed by atoms with Crippen molar-refractivity contribution in [3.05, 3.63) is 23.0 Å². The molecule has 1 aliphatic carbocycles. The summed E-state index contributed by atoms with van der Waals surface area (Å²) in [7, 11) is 0. The Morgan fingerprint density at radius 3 is 2.62 bits per heavy atom. The van der Waals surface area contributed by atoms with Gasteiger partial charge in [0.25, 0.3) is 5.92 Å². The number of rotatable bonds is 3. The number of hydrogen-bond acceptors (Lipinski definition) is 3. The molecule has 1 saturated carbocycles. The van der Waals surface area contributed by atoms with E-state index >= 15 is 0 Å². The van der Waals surface area contributed by atoms with Crippen molar-refractivity contribution in [3.8, 4) is 5.75 Å². The lowest BCUT2D eigenvalue weighted by molar-refractivity contribution is 0.0174. The molecule has 1 heterocycles. The zero-order chi connectivity index (χ0) is 15.0. The van der Waals surface area contributed by atoms with E-state index in [9.17, 15) is 13.2 Å². The van der Waals surface area contributed by atoms with Crippen molar-refractivity contribution in [2.24, 2.45) is 0 Å². The lowest BCUT2D eigenvalue weighted by Crippen LogP contribution is -2.20. The Morgan fingerprint density at radius 1 is 1.24 bits per heavy atom. The summed E-state index contributed by atoms with van der Waals surface area (Å²) in [5.41, 5.74) is 0.255. The summed E-state index contributed by atoms with van der Waals surface area (Å²) in [5, 5.41) is -0.369. The Balaban J connectivity index is 1.92. The number of aromatic nitrogens is 1. The highest BCUT2D eigenvalue weighted by Crippen LogP contribution is 2.38. The summed E-state index contributed by atoms with van der Waals surface area (Å²) >= 11 is 0.691. The Labute approximate surface area is 124 Å². The van der Waals surface area contributed by atoms with Crippen molar-refractivity contribution in [3.63, 3.8) is 0 Å². The van der Waals surface area contributed by atoms with E-state index in [-0.39, 0.29) is 27.1 Å². The Morgan fingerprint density at radius 2 is 1.95 bits per heavy atom. The quantitative estimate of drug-likeness (QED) is 0.771. The van der Waals surface area contributed by atoms with Crippen LogP contribution in [-0.2, 0) is 5.92 Å². The normalized spacial score (nSPS) is 17.3. The van der Waals surface area contributed by atoms with Crippen LogP contribution in [0.15, 0.2) is 12.1 Å². The summed E-state index contributed by atoms with van der Waals surface area (Å²) < 4.78 is 46.9. The van der Waals surface area contributed by atoms with Crippen LogP contribution in [0.25, 0.3) is 10.2 Å². The lowest BCUT2D eigenvalue weighted by atomic mass is 9.98. The second-order valence-electron chi connectivity index (χ2n) is 5.51. The van der Waals surface area contributed by atoms with Gasteiger partial charge >= 0.3 is 0 Å². The van der Waals surface area contributed by atoms with Crippen LogP contribution in [-0.4, -0.2) is 11.1 Å². The molecule has 0 unspecified atom stereocenters. The molecule has 6 heteroatoms. The minimum absolute atomic E-state index is 0.0192. The molecule has 1 aromatic heterocycles. The number of thiazole rings is 1. The third-order valence-corrected chi connectivity index (χ3v) is 4.92. The van der Waals surface area contributed by atoms with Crippen LogP contribution in [0.3, 0.4) is 0 Å². The van der Waals surface area contributed by atoms with Gasteiger partial charge in [0.1, 0.15) is 0 Å². The predicted molar refractivity (Wildman–Crippen MR) is 76.6 cm³/mol. The average molecular weight is 315 g/mol. The van der Waals surface area contributed by atoms with E-state index in [0.29, 0.717) is 11.3 Å². The van der Waals surface area contributed by atoms with Crippen LogP contribution in [0.2, 0.25) is 0 Å². The van der Waals surface area contributed by atoms with Gasteiger partial charge in [-0.15, -0.1) is 11.3 Å². The van der Waals surface area contributed by atoms with Crippen molar-refractivity contribution in [2.75, 3.05) is 0 Å². The molecule has 0 amide bonds. The maximum Gasteiger partial charge on any atom is 0.296 e. The molecule has 0 saturated heterocycles. The molecule has 3 rings (SSSR count). The third-order valence-electron chi connectivity index (χ3n) is 3.68. The Bertz CT molecular complexity index is 644. The Kier molecular flexibility index (Phi) is 3.82. The summed E-state index contributed by atoms with van der Waals surface area (Å²) in [6.45, 7) is 0.766. The van der Waals surface area contributed by atoms with E-state index in [1.54, 1.807) is 6.07 Å². The van der Waals surface area contributed by atoms with Crippen LogP contribution in [0.5, 0.6) is 5.75 Å². The molecule has 0 aliphatic heterocycles. The van der Waals surface area contributed by atoms with Crippen LogP contribution in [0, 0.1) is 5.82 Å². The second kappa shape index (κ2) is 5.48. The first-order valence-electron chi connectivity index (χ1n) is 7.09. The highest BCUT2D eigenvalue weighted by molar-refractivity contribution is 7.18. The standard InChI is InChI=1S/C15H16F3NOS/c1-15(17,18)14-19-10-7-8-11(12(16)13(10)21-14)20-9-5-3-2-4-6-9/h7-9H,2-6H2,1H3. The van der Waals surface area contributed by atoms with Crippen LogP contribution >= 0.6 is 11.3 Å². The minimum atomic E-state index is -3.06. The van der Waals surface area contributed by atoms with E-state index in [1.165, 1.54) is 12.5 Å². The fourth-order valence-corrected chi connectivity index (χ4v) is 3.51. The second-order valence-corrected chi connectivity index (χ2v) is 6.51. The molecule has 0 N–H and O–H groups in total. The molecule has 0 bridgehead atoms. The molecule has 2 nitrogen and oxygen atoms in total. The van der Waals surface area contributed by atoms with Gasteiger partial charge in [0.05, 0.1) is 16.3 Å². The highest BCUT2D eigenvalue weighted by Gasteiger charge is 2.30. The summed E-state index contributed by atoms with van der Waals surface area (Å²) in [6, 6.07) is 3.03. The number of nitrogens with zero attached hydrogens (tertiary/aromatic N) is 1. The summed E-state index contributed by atoms with van der Waals surface area (Å²) in [6.07, 6.45) is 5.20. The van der Waals surface area contributed by atoms with Crippen LogP contribution in [0.1, 0.15) is 44.0 Å². The molecule has 0 atom stereocenters. The Hall–Kier alpha value is -1.30. The molecular weight excluding hydrogens is 299 g/mol. The number of benzene rings is 1. The van der Waals surface area contributed by atoms with Crippen molar-refractivity contribution in [1.82, 2.24) is 4.98 Å². The van der Waals surface area contributed by atoms with Crippen molar-refractivity contribution >= 4 is 21.6 Å². The first-order chi connectivity index (χ1) is 9.95. The van der Waals surface area contributed by atoms with E-state index in [0.717, 1.165) is 32.6 Å². The molecule has 1 aliphatic rings. The van der Waals surface area contributed by atoms with Gasteiger partial charge in [0, 0.05) is 6.92 Å². The maximum absolute atomic E-state index is 14.4. The van der Waals surface area contributed by atoms with Crippen molar-refractivity contribution in [1.29, 1.82) is 0 Å². The predicted octanol–water partition coefficient (Wildman–Crippen LogP) is 5.26.